The number of nitrogens with zero attached hydrogens (tertiary/aromatic N) is 2. The Balaban J connectivity index is 1.66. The molecule has 1 amide bonds. The molecule has 2 aromatic rings. The molecule has 1 heterocycles. The molecule has 2 aromatic carbocycles. The number of amides is 1. The highest BCUT2D eigenvalue weighted by Gasteiger charge is 2.15. The van der Waals surface area contributed by atoms with E-state index < -0.39 is 0 Å². The monoisotopic (exact) mass is 339 g/mol. The molecule has 24 heavy (non-hydrogen) atoms. The van der Waals surface area contributed by atoms with Gasteiger partial charge in [0.2, 0.25) is 5.91 Å². The number of carbonyl (C=O) groups is 1. The van der Waals surface area contributed by atoms with Gasteiger partial charge >= 0.3 is 0 Å². The number of hydrogen-bond acceptors (Lipinski definition) is 5. The molecule has 0 aromatic heterocycles. The van der Waals surface area contributed by atoms with Gasteiger partial charge in [0.15, 0.2) is 5.17 Å². The highest BCUT2D eigenvalue weighted by atomic mass is 32.2. The highest BCUT2D eigenvalue weighted by molar-refractivity contribution is 8.15. The summed E-state index contributed by atoms with van der Waals surface area (Å²) in [7, 11) is 0. The lowest BCUT2D eigenvalue weighted by Gasteiger charge is -2.09. The molecule has 0 aliphatic carbocycles. The molecule has 1 aliphatic heterocycles. The minimum absolute atomic E-state index is 0.0408. The van der Waals surface area contributed by atoms with Crippen molar-refractivity contribution in [3.8, 4) is 5.75 Å². The first-order valence-electron chi connectivity index (χ1n) is 7.52. The zero-order chi connectivity index (χ0) is 16.8. The lowest BCUT2D eigenvalue weighted by atomic mass is 10.1. The van der Waals surface area contributed by atoms with E-state index in [1.807, 2.05) is 55.5 Å². The van der Waals surface area contributed by atoms with Crippen LogP contribution in [0.4, 0.5) is 0 Å². The molecule has 1 saturated heterocycles. The van der Waals surface area contributed by atoms with E-state index in [0.717, 1.165) is 22.4 Å². The zero-order valence-corrected chi connectivity index (χ0v) is 14.0. The van der Waals surface area contributed by atoms with Gasteiger partial charge in [0.1, 0.15) is 12.4 Å². The van der Waals surface area contributed by atoms with E-state index in [4.69, 9.17) is 4.74 Å². The first-order chi connectivity index (χ1) is 11.7. The van der Waals surface area contributed by atoms with Crippen molar-refractivity contribution in [3.63, 3.8) is 0 Å². The number of nitrogens with one attached hydrogen (secondary N) is 1. The average Bonchev–Trinajstić information content (AvgIpc) is 3.01. The number of hydrogen-bond donors (Lipinski definition) is 1. The first kappa shape index (κ1) is 16.3. The quantitative estimate of drug-likeness (QED) is 0.672. The van der Waals surface area contributed by atoms with Gasteiger partial charge in [-0.15, -0.1) is 5.10 Å². The Kier molecular flexibility index (Phi) is 5.28. The summed E-state index contributed by atoms with van der Waals surface area (Å²) in [6.07, 6.45) is 1.65. The van der Waals surface area contributed by atoms with E-state index in [2.05, 4.69) is 15.5 Å². The summed E-state index contributed by atoms with van der Waals surface area (Å²) in [5.41, 5.74) is 3.08. The van der Waals surface area contributed by atoms with Gasteiger partial charge in [-0.3, -0.25) is 4.79 Å². The molecule has 6 heteroatoms. The zero-order valence-electron chi connectivity index (χ0n) is 13.2. The van der Waals surface area contributed by atoms with Crippen LogP contribution in [-0.4, -0.2) is 23.0 Å². The van der Waals surface area contributed by atoms with Crippen LogP contribution in [0.5, 0.6) is 5.75 Å². The van der Waals surface area contributed by atoms with Gasteiger partial charge in [-0.05, 0) is 29.7 Å². The van der Waals surface area contributed by atoms with Gasteiger partial charge in [0.05, 0.1) is 12.0 Å². The molecule has 0 saturated carbocycles. The Morgan fingerprint density at radius 3 is 2.83 bits per heavy atom. The third-order valence-electron chi connectivity index (χ3n) is 3.39. The Hall–Kier alpha value is -2.60. The number of benzene rings is 2. The Labute approximate surface area is 144 Å². The largest absolute Gasteiger partial charge is 0.489 e. The molecular weight excluding hydrogens is 322 g/mol. The lowest BCUT2D eigenvalue weighted by Crippen LogP contribution is -2.19. The molecule has 1 fully saturated rings. The van der Waals surface area contributed by atoms with E-state index in [-0.39, 0.29) is 5.91 Å². The predicted molar refractivity (Wildman–Crippen MR) is 97.6 cm³/mol. The predicted octanol–water partition coefficient (Wildman–Crippen LogP) is 3.13. The maximum Gasteiger partial charge on any atom is 0.236 e. The van der Waals surface area contributed by atoms with Crippen LogP contribution in [-0.2, 0) is 11.4 Å². The standard InChI is InChI=1S/C18H17N3O2S/c1-13-7-8-15(10-19-21-18-20-17(22)12-24-18)9-16(13)23-11-14-5-3-2-4-6-14/h2-10H,11-12H2,1H3,(H,20,21,22). The molecule has 3 rings (SSSR count). The van der Waals surface area contributed by atoms with Gasteiger partial charge < -0.3 is 10.1 Å². The molecular formula is C18H17N3O2S. The molecule has 0 bridgehead atoms. The summed E-state index contributed by atoms with van der Waals surface area (Å²) in [4.78, 5) is 11.1. The normalized spacial score (nSPS) is 15.9. The molecule has 0 radical (unpaired) electrons. The summed E-state index contributed by atoms with van der Waals surface area (Å²) in [6, 6.07) is 15.9. The topological polar surface area (TPSA) is 63.0 Å². The Bertz CT molecular complexity index is 788. The molecule has 5 nitrogen and oxygen atoms in total. The van der Waals surface area contributed by atoms with E-state index in [0.29, 0.717) is 17.5 Å². The van der Waals surface area contributed by atoms with Crippen molar-refractivity contribution in [2.24, 2.45) is 10.2 Å². The second-order valence-corrected chi connectivity index (χ2v) is 6.25. The number of aryl methyl sites for hydroxylation is 1. The summed E-state index contributed by atoms with van der Waals surface area (Å²) < 4.78 is 5.90. The molecule has 122 valence electrons. The van der Waals surface area contributed by atoms with Gasteiger partial charge in [0.25, 0.3) is 0 Å². The van der Waals surface area contributed by atoms with E-state index in [9.17, 15) is 4.79 Å². The number of amidine groups is 1. The van der Waals surface area contributed by atoms with Crippen molar-refractivity contribution in [3.05, 3.63) is 65.2 Å². The second-order valence-electron chi connectivity index (χ2n) is 5.29. The van der Waals surface area contributed by atoms with Crippen LogP contribution in [0.2, 0.25) is 0 Å². The van der Waals surface area contributed by atoms with Gasteiger partial charge in [-0.25, -0.2) is 0 Å². The van der Waals surface area contributed by atoms with Gasteiger partial charge in [-0.2, -0.15) is 5.10 Å². The van der Waals surface area contributed by atoms with E-state index >= 15 is 0 Å². The number of rotatable bonds is 5. The minimum Gasteiger partial charge on any atom is -0.489 e. The highest BCUT2D eigenvalue weighted by Crippen LogP contribution is 2.20. The Morgan fingerprint density at radius 2 is 2.08 bits per heavy atom. The maximum absolute atomic E-state index is 11.1. The summed E-state index contributed by atoms with van der Waals surface area (Å²) in [5, 5.41) is 11.2. The van der Waals surface area contributed by atoms with Crippen molar-refractivity contribution in [1.29, 1.82) is 0 Å². The fourth-order valence-electron chi connectivity index (χ4n) is 2.11. The van der Waals surface area contributed by atoms with Crippen molar-refractivity contribution in [2.75, 3.05) is 5.75 Å². The molecule has 1 N–H and O–H groups in total. The second kappa shape index (κ2) is 7.79. The third kappa shape index (κ3) is 4.45. The summed E-state index contributed by atoms with van der Waals surface area (Å²) in [5.74, 6) is 1.18. The van der Waals surface area contributed by atoms with Crippen LogP contribution >= 0.6 is 11.8 Å². The van der Waals surface area contributed by atoms with Crippen LogP contribution in [0.1, 0.15) is 16.7 Å². The van der Waals surface area contributed by atoms with Crippen LogP contribution in [0.25, 0.3) is 0 Å². The summed E-state index contributed by atoms with van der Waals surface area (Å²) in [6.45, 7) is 2.53. The summed E-state index contributed by atoms with van der Waals surface area (Å²) >= 11 is 1.35. The van der Waals surface area contributed by atoms with Crippen molar-refractivity contribution in [1.82, 2.24) is 5.32 Å². The average molecular weight is 339 g/mol. The van der Waals surface area contributed by atoms with E-state index in [1.165, 1.54) is 11.8 Å². The fourth-order valence-corrected chi connectivity index (χ4v) is 2.75. The van der Waals surface area contributed by atoms with Crippen LogP contribution < -0.4 is 10.1 Å². The number of carbonyl (C=O) groups excluding carboxylic acids is 1. The SMILES string of the molecule is Cc1ccc(C=NN=C2NC(=O)CS2)cc1OCc1ccccc1. The van der Waals surface area contributed by atoms with Gasteiger partial charge in [-0.1, -0.05) is 54.2 Å². The van der Waals surface area contributed by atoms with Crippen LogP contribution in [0.15, 0.2) is 58.7 Å². The van der Waals surface area contributed by atoms with Gasteiger partial charge in [0, 0.05) is 0 Å². The smallest absolute Gasteiger partial charge is 0.236 e. The molecule has 0 spiro atoms. The first-order valence-corrected chi connectivity index (χ1v) is 8.50. The van der Waals surface area contributed by atoms with E-state index in [1.54, 1.807) is 6.21 Å². The Morgan fingerprint density at radius 1 is 1.25 bits per heavy atom. The van der Waals surface area contributed by atoms with Crippen LogP contribution in [0.3, 0.4) is 0 Å². The van der Waals surface area contributed by atoms with Crippen molar-refractivity contribution >= 4 is 29.1 Å². The molecule has 1 aliphatic rings. The van der Waals surface area contributed by atoms with Crippen molar-refractivity contribution in [2.45, 2.75) is 13.5 Å². The maximum atomic E-state index is 11.1. The number of thioether (sulfide) groups is 1. The fraction of sp³-hybridized carbons (Fsp3) is 0.167. The van der Waals surface area contributed by atoms with Crippen molar-refractivity contribution < 1.29 is 9.53 Å². The number of ether oxygens (including phenoxy) is 1. The molecule has 0 atom stereocenters. The lowest BCUT2D eigenvalue weighted by molar-refractivity contribution is -0.116. The van der Waals surface area contributed by atoms with Crippen LogP contribution in [0, 0.1) is 6.92 Å². The third-order valence-corrected chi connectivity index (χ3v) is 4.25. The minimum atomic E-state index is -0.0408. The molecule has 0 unspecified atom stereocenters.